The summed E-state index contributed by atoms with van der Waals surface area (Å²) in [5, 5.41) is 16.3. The number of nitrogens with zero attached hydrogens (tertiary/aromatic N) is 5. The first kappa shape index (κ1) is 12.8. The summed E-state index contributed by atoms with van der Waals surface area (Å²) in [6.07, 6.45) is 2.03. The smallest absolute Gasteiger partial charge is 0.258 e. The van der Waals surface area contributed by atoms with E-state index in [0.29, 0.717) is 32.1 Å². The zero-order valence-corrected chi connectivity index (χ0v) is 10.8. The van der Waals surface area contributed by atoms with Crippen LogP contribution in [0.25, 0.3) is 0 Å². The Bertz CT molecular complexity index is 496. The van der Waals surface area contributed by atoms with Crippen molar-refractivity contribution in [3.63, 3.8) is 0 Å². The Kier molecular flexibility index (Phi) is 3.03. The fourth-order valence-corrected chi connectivity index (χ4v) is 3.07. The van der Waals surface area contributed by atoms with Crippen LogP contribution in [0.3, 0.4) is 0 Å². The number of carbonyl (C=O) groups excluding carboxylic acids is 3. The first-order chi connectivity index (χ1) is 9.61. The van der Waals surface area contributed by atoms with E-state index < -0.39 is 11.8 Å². The minimum atomic E-state index is -0.744. The summed E-state index contributed by atoms with van der Waals surface area (Å²) < 4.78 is 0. The van der Waals surface area contributed by atoms with Gasteiger partial charge in [0.25, 0.3) is 6.29 Å². The average molecular weight is 278 g/mol. The maximum absolute atomic E-state index is 11.8. The molecule has 0 aliphatic carbocycles. The van der Waals surface area contributed by atoms with Crippen LogP contribution in [-0.2, 0) is 14.4 Å². The van der Waals surface area contributed by atoms with Crippen molar-refractivity contribution in [3.8, 4) is 0 Å². The fourth-order valence-electron chi connectivity index (χ4n) is 3.07. The number of nitrogens with one attached hydrogen (secondary N) is 1. The summed E-state index contributed by atoms with van der Waals surface area (Å²) >= 11 is 0. The predicted molar refractivity (Wildman–Crippen MR) is 63.9 cm³/mol. The molecule has 0 atom stereocenters. The molecular formula is C11H14N6O3. The molecule has 3 heterocycles. The average Bonchev–Trinajstić information content (AvgIpc) is 3.09. The predicted octanol–water partition coefficient (Wildman–Crippen LogP) is 0.681. The molecule has 0 unspecified atom stereocenters. The minimum Gasteiger partial charge on any atom is -0.313 e. The van der Waals surface area contributed by atoms with E-state index in [9.17, 15) is 14.4 Å². The minimum absolute atomic E-state index is 0.119. The van der Waals surface area contributed by atoms with Gasteiger partial charge in [0, 0.05) is 19.3 Å². The molecule has 0 aromatic heterocycles. The summed E-state index contributed by atoms with van der Waals surface area (Å²) in [7, 11) is 0. The highest BCUT2D eigenvalue weighted by molar-refractivity contribution is 6.00. The second kappa shape index (κ2) is 4.73. The maximum Gasteiger partial charge on any atom is 0.258 e. The van der Waals surface area contributed by atoms with Crippen molar-refractivity contribution in [1.82, 2.24) is 10.2 Å². The molecule has 9 nitrogen and oxygen atoms in total. The van der Waals surface area contributed by atoms with Crippen LogP contribution >= 0.6 is 0 Å². The summed E-state index contributed by atoms with van der Waals surface area (Å²) in [6, 6.07) is 0. The Labute approximate surface area is 114 Å². The van der Waals surface area contributed by atoms with Crippen LogP contribution in [0.4, 0.5) is 0 Å². The Morgan fingerprint density at radius 1 is 1.20 bits per heavy atom. The Morgan fingerprint density at radius 3 is 2.40 bits per heavy atom. The molecule has 1 N–H and O–H groups in total. The first-order valence-corrected chi connectivity index (χ1v) is 6.56. The van der Waals surface area contributed by atoms with Crippen molar-refractivity contribution in [2.24, 2.45) is 20.7 Å². The molecule has 0 spiro atoms. The van der Waals surface area contributed by atoms with Crippen molar-refractivity contribution in [3.05, 3.63) is 0 Å². The number of carbonyl (C=O) groups is 3. The molecule has 3 rings (SSSR count). The molecule has 0 radical (unpaired) electrons. The summed E-state index contributed by atoms with van der Waals surface area (Å²) in [5.74, 6) is -0.472. The number of hydrogen-bond acceptors (Lipinski definition) is 7. The molecule has 0 aromatic rings. The number of amides is 3. The van der Waals surface area contributed by atoms with E-state index in [2.05, 4.69) is 26.0 Å². The molecule has 0 saturated carbocycles. The number of rotatable bonds is 4. The van der Waals surface area contributed by atoms with Gasteiger partial charge in [0.1, 0.15) is 0 Å². The molecule has 0 aromatic carbocycles. The maximum atomic E-state index is 11.8. The van der Waals surface area contributed by atoms with E-state index in [-0.39, 0.29) is 24.1 Å². The summed E-state index contributed by atoms with van der Waals surface area (Å²) in [4.78, 5) is 36.7. The van der Waals surface area contributed by atoms with Crippen molar-refractivity contribution < 1.29 is 14.4 Å². The van der Waals surface area contributed by atoms with Gasteiger partial charge < -0.3 is 5.32 Å². The standard InChI is InChI=1S/C11H14N6O3/c18-7(12-10-13-15-16-14-10)1-4-11-5-2-8(19)17(11)9(20)3-6-11/h10H,1-6H2,(H,12,18). The van der Waals surface area contributed by atoms with E-state index in [0.717, 1.165) is 0 Å². The lowest BCUT2D eigenvalue weighted by molar-refractivity contribution is -0.143. The molecule has 0 bridgehead atoms. The van der Waals surface area contributed by atoms with Gasteiger partial charge in [-0.15, -0.1) is 10.2 Å². The molecule has 2 saturated heterocycles. The third-order valence-electron chi connectivity index (χ3n) is 4.05. The van der Waals surface area contributed by atoms with Gasteiger partial charge in [-0.25, -0.2) is 0 Å². The normalized spacial score (nSPS) is 23.7. The van der Waals surface area contributed by atoms with E-state index in [1.54, 1.807) is 0 Å². The zero-order chi connectivity index (χ0) is 14.2. The van der Waals surface area contributed by atoms with Crippen molar-refractivity contribution >= 4 is 17.7 Å². The van der Waals surface area contributed by atoms with Crippen LogP contribution in [0.15, 0.2) is 20.7 Å². The third-order valence-corrected chi connectivity index (χ3v) is 4.05. The largest absolute Gasteiger partial charge is 0.313 e. The van der Waals surface area contributed by atoms with Gasteiger partial charge in [0.15, 0.2) is 0 Å². The van der Waals surface area contributed by atoms with Crippen LogP contribution in [-0.4, -0.2) is 34.5 Å². The van der Waals surface area contributed by atoms with E-state index >= 15 is 0 Å². The molecule has 3 aliphatic rings. The highest BCUT2D eigenvalue weighted by Crippen LogP contribution is 2.43. The van der Waals surface area contributed by atoms with Crippen molar-refractivity contribution in [1.29, 1.82) is 0 Å². The van der Waals surface area contributed by atoms with E-state index in [1.807, 2.05) is 0 Å². The highest BCUT2D eigenvalue weighted by Gasteiger charge is 2.52. The number of hydrogen-bond donors (Lipinski definition) is 1. The highest BCUT2D eigenvalue weighted by atomic mass is 16.2. The van der Waals surface area contributed by atoms with Gasteiger partial charge in [0.2, 0.25) is 17.7 Å². The van der Waals surface area contributed by atoms with Crippen LogP contribution in [0, 0.1) is 0 Å². The van der Waals surface area contributed by atoms with Gasteiger partial charge in [-0.1, -0.05) is 0 Å². The summed E-state index contributed by atoms with van der Waals surface area (Å²) in [6.45, 7) is 0. The van der Waals surface area contributed by atoms with E-state index in [4.69, 9.17) is 0 Å². The van der Waals surface area contributed by atoms with Gasteiger partial charge in [0.05, 0.1) is 5.54 Å². The van der Waals surface area contributed by atoms with Crippen molar-refractivity contribution in [2.45, 2.75) is 50.4 Å². The summed E-state index contributed by atoms with van der Waals surface area (Å²) in [5.41, 5.74) is -0.454. The topological polar surface area (TPSA) is 116 Å². The van der Waals surface area contributed by atoms with Gasteiger partial charge in [-0.05, 0) is 29.7 Å². The van der Waals surface area contributed by atoms with Crippen LogP contribution < -0.4 is 5.32 Å². The number of imide groups is 1. The van der Waals surface area contributed by atoms with Gasteiger partial charge in [-0.2, -0.15) is 0 Å². The Hall–Kier alpha value is -2.19. The Morgan fingerprint density at radius 2 is 1.80 bits per heavy atom. The molecular weight excluding hydrogens is 264 g/mol. The molecule has 3 amide bonds. The first-order valence-electron chi connectivity index (χ1n) is 6.56. The molecule has 20 heavy (non-hydrogen) atoms. The lowest BCUT2D eigenvalue weighted by atomic mass is 9.89. The lowest BCUT2D eigenvalue weighted by Gasteiger charge is -2.30. The molecule has 3 aliphatic heterocycles. The van der Waals surface area contributed by atoms with Crippen LogP contribution in [0.5, 0.6) is 0 Å². The van der Waals surface area contributed by atoms with Gasteiger partial charge >= 0.3 is 0 Å². The monoisotopic (exact) mass is 278 g/mol. The molecule has 2 fully saturated rings. The molecule has 9 heteroatoms. The van der Waals surface area contributed by atoms with Gasteiger partial charge in [-0.3, -0.25) is 19.3 Å². The number of fused-ring (bicyclic) bond motifs is 1. The lowest BCUT2D eigenvalue weighted by Crippen LogP contribution is -2.43. The van der Waals surface area contributed by atoms with E-state index in [1.165, 1.54) is 4.90 Å². The van der Waals surface area contributed by atoms with Crippen LogP contribution in [0.2, 0.25) is 0 Å². The third kappa shape index (κ3) is 2.08. The second-order valence-electron chi connectivity index (χ2n) is 5.20. The van der Waals surface area contributed by atoms with Crippen molar-refractivity contribution in [2.75, 3.05) is 0 Å². The fraction of sp³-hybridized carbons (Fsp3) is 0.727. The molecule has 106 valence electrons. The SMILES string of the molecule is O=C(CCC12CCC(=O)N1C(=O)CC2)NC1N=NN=N1. The Balaban J connectivity index is 1.58. The quantitative estimate of drug-likeness (QED) is 0.762. The zero-order valence-electron chi connectivity index (χ0n) is 10.8. The second-order valence-corrected chi connectivity index (χ2v) is 5.20. The van der Waals surface area contributed by atoms with Crippen LogP contribution in [0.1, 0.15) is 38.5 Å².